The fourth-order valence-corrected chi connectivity index (χ4v) is 4.18. The minimum absolute atomic E-state index is 0.0658. The zero-order valence-electron chi connectivity index (χ0n) is 20.0. The number of nitrogens with one attached hydrogen (secondary N) is 1. The summed E-state index contributed by atoms with van der Waals surface area (Å²) in [7, 11) is 3.35. The molecule has 0 aliphatic carbocycles. The van der Waals surface area contributed by atoms with Crippen LogP contribution in [0.2, 0.25) is 0 Å². The zero-order chi connectivity index (χ0) is 25.4. The lowest BCUT2D eigenvalue weighted by atomic mass is 9.98. The Morgan fingerprint density at radius 1 is 1.00 bits per heavy atom. The van der Waals surface area contributed by atoms with Crippen molar-refractivity contribution in [3.05, 3.63) is 47.3 Å². The second kappa shape index (κ2) is 9.49. The molecule has 0 atom stereocenters. The van der Waals surface area contributed by atoms with Crippen LogP contribution in [-0.2, 0) is 0 Å². The number of phenols is 2. The highest BCUT2D eigenvalue weighted by Crippen LogP contribution is 2.39. The number of carbonyl (C=O) groups excluding carboxylic acids is 1. The summed E-state index contributed by atoms with van der Waals surface area (Å²) in [5.41, 5.74) is 0.402. The van der Waals surface area contributed by atoms with Crippen LogP contribution in [0.3, 0.4) is 0 Å². The fraction of sp³-hybridized carbons (Fsp3) is 0.375. The maximum Gasteiger partial charge on any atom is 0.289 e. The largest absolute Gasteiger partial charge is 0.508 e. The number of piperazine rings is 1. The number of aromatic nitrogens is 3. The minimum Gasteiger partial charge on any atom is -0.508 e. The van der Waals surface area contributed by atoms with Gasteiger partial charge in [0.25, 0.3) is 5.91 Å². The number of nitrogens with zero attached hydrogens (tertiary/aromatic N) is 5. The van der Waals surface area contributed by atoms with Crippen LogP contribution in [0.15, 0.2) is 24.3 Å². The van der Waals surface area contributed by atoms with E-state index in [1.807, 2.05) is 25.8 Å². The van der Waals surface area contributed by atoms with Gasteiger partial charge in [0.1, 0.15) is 17.2 Å². The van der Waals surface area contributed by atoms with E-state index in [2.05, 4.69) is 20.4 Å². The Hall–Kier alpha value is -3.73. The molecular formula is C24H28F2N6O3. The molecule has 0 radical (unpaired) electrons. The molecule has 0 bridgehead atoms. The highest BCUT2D eigenvalue weighted by Gasteiger charge is 2.28. The minimum atomic E-state index is -0.910. The molecule has 0 spiro atoms. The molecule has 1 aliphatic heterocycles. The van der Waals surface area contributed by atoms with Crippen LogP contribution in [0.5, 0.6) is 11.5 Å². The summed E-state index contributed by atoms with van der Waals surface area (Å²) in [5, 5.41) is 31.0. The molecule has 1 saturated heterocycles. The molecule has 11 heteroatoms. The van der Waals surface area contributed by atoms with Crippen LogP contribution in [0.4, 0.5) is 14.5 Å². The number of halogens is 2. The number of carbonyl (C=O) groups is 1. The maximum absolute atomic E-state index is 15.5. The molecular weight excluding hydrogens is 458 g/mol. The highest BCUT2D eigenvalue weighted by molar-refractivity contribution is 5.92. The number of aromatic hydroxyl groups is 2. The standard InChI is InChI=1S/C24H28F2N6O3/c1-13(2)15-11-16(20(34)12-19(15)33)22-28-29-23(24(35)27-3)32(22)21-17(25)9-14(10-18(21)26)31-7-5-30(4)6-8-31/h9-13,33-34H,5-8H2,1-4H3,(H,27,35). The van der Waals surface area contributed by atoms with Gasteiger partial charge < -0.3 is 25.3 Å². The van der Waals surface area contributed by atoms with Gasteiger partial charge in [-0.25, -0.2) is 8.78 Å². The summed E-state index contributed by atoms with van der Waals surface area (Å²) >= 11 is 0. The van der Waals surface area contributed by atoms with E-state index < -0.39 is 23.2 Å². The quantitative estimate of drug-likeness (QED) is 0.509. The summed E-state index contributed by atoms with van der Waals surface area (Å²) in [4.78, 5) is 16.6. The third kappa shape index (κ3) is 4.51. The topological polar surface area (TPSA) is 107 Å². The van der Waals surface area contributed by atoms with Crippen molar-refractivity contribution in [3.8, 4) is 28.6 Å². The number of hydrogen-bond donors (Lipinski definition) is 3. The molecule has 2 heterocycles. The van der Waals surface area contributed by atoms with Crippen molar-refractivity contribution < 1.29 is 23.8 Å². The Morgan fingerprint density at radius 3 is 2.20 bits per heavy atom. The SMILES string of the molecule is CNC(=O)c1nnc(-c2cc(C(C)C)c(O)cc2O)n1-c1c(F)cc(N2CCN(C)CC2)cc1F. The molecule has 2 aromatic carbocycles. The van der Waals surface area contributed by atoms with Crippen LogP contribution in [-0.4, -0.2) is 76.1 Å². The number of likely N-dealkylation sites (N-methyl/N-ethyl adjacent to an activating group) is 1. The first kappa shape index (κ1) is 24.4. The molecule has 35 heavy (non-hydrogen) atoms. The normalized spacial score (nSPS) is 14.5. The first-order valence-electron chi connectivity index (χ1n) is 11.3. The lowest BCUT2D eigenvalue weighted by Crippen LogP contribution is -2.44. The summed E-state index contributed by atoms with van der Waals surface area (Å²) in [6.07, 6.45) is 0. The number of phenolic OH excluding ortho intramolecular Hbond substituents is 2. The van der Waals surface area contributed by atoms with Gasteiger partial charge in [0, 0.05) is 45.0 Å². The Labute approximate surface area is 201 Å². The van der Waals surface area contributed by atoms with E-state index in [0.29, 0.717) is 24.3 Å². The van der Waals surface area contributed by atoms with Crippen molar-refractivity contribution >= 4 is 11.6 Å². The first-order valence-corrected chi connectivity index (χ1v) is 11.3. The third-order valence-corrected chi connectivity index (χ3v) is 6.19. The second-order valence-corrected chi connectivity index (χ2v) is 8.89. The predicted octanol–water partition coefficient (Wildman–Crippen LogP) is 2.86. The number of amides is 1. The van der Waals surface area contributed by atoms with E-state index in [0.717, 1.165) is 23.7 Å². The average molecular weight is 487 g/mol. The van der Waals surface area contributed by atoms with Gasteiger partial charge in [-0.05, 0) is 36.7 Å². The van der Waals surface area contributed by atoms with E-state index in [1.54, 1.807) is 0 Å². The van der Waals surface area contributed by atoms with Gasteiger partial charge in [0.2, 0.25) is 5.82 Å². The molecule has 0 saturated carbocycles. The van der Waals surface area contributed by atoms with Crippen LogP contribution in [0.25, 0.3) is 17.1 Å². The molecule has 3 N–H and O–H groups in total. The van der Waals surface area contributed by atoms with E-state index in [4.69, 9.17) is 0 Å². The number of benzene rings is 2. The Balaban J connectivity index is 1.90. The maximum atomic E-state index is 15.5. The Kier molecular flexibility index (Phi) is 6.62. The zero-order valence-corrected chi connectivity index (χ0v) is 20.0. The van der Waals surface area contributed by atoms with Gasteiger partial charge in [0.15, 0.2) is 17.5 Å². The highest BCUT2D eigenvalue weighted by atomic mass is 19.1. The molecule has 186 valence electrons. The lowest BCUT2D eigenvalue weighted by Gasteiger charge is -2.34. The van der Waals surface area contributed by atoms with Crippen LogP contribution < -0.4 is 10.2 Å². The van der Waals surface area contributed by atoms with Gasteiger partial charge in [-0.3, -0.25) is 9.36 Å². The van der Waals surface area contributed by atoms with E-state index in [-0.39, 0.29) is 34.6 Å². The number of hydrogen-bond acceptors (Lipinski definition) is 7. The molecule has 1 fully saturated rings. The molecule has 1 aliphatic rings. The molecule has 1 aromatic heterocycles. The monoisotopic (exact) mass is 486 g/mol. The van der Waals surface area contributed by atoms with Gasteiger partial charge >= 0.3 is 0 Å². The summed E-state index contributed by atoms with van der Waals surface area (Å²) in [6, 6.07) is 5.04. The van der Waals surface area contributed by atoms with Crippen molar-refractivity contribution in [2.75, 3.05) is 45.2 Å². The number of rotatable bonds is 5. The van der Waals surface area contributed by atoms with Crippen LogP contribution in [0, 0.1) is 11.6 Å². The van der Waals surface area contributed by atoms with Crippen molar-refractivity contribution in [1.29, 1.82) is 0 Å². The molecule has 0 unspecified atom stereocenters. The van der Waals surface area contributed by atoms with E-state index in [9.17, 15) is 15.0 Å². The van der Waals surface area contributed by atoms with Crippen molar-refractivity contribution in [2.45, 2.75) is 19.8 Å². The van der Waals surface area contributed by atoms with Crippen LogP contribution >= 0.6 is 0 Å². The summed E-state index contributed by atoms with van der Waals surface area (Å²) in [5.74, 6) is -3.67. The summed E-state index contributed by atoms with van der Waals surface area (Å²) in [6.45, 7) is 6.45. The van der Waals surface area contributed by atoms with Gasteiger partial charge in [0.05, 0.1) is 5.56 Å². The fourth-order valence-electron chi connectivity index (χ4n) is 4.18. The van der Waals surface area contributed by atoms with Crippen molar-refractivity contribution in [1.82, 2.24) is 25.0 Å². The molecule has 3 aromatic rings. The Morgan fingerprint density at radius 2 is 1.63 bits per heavy atom. The van der Waals surface area contributed by atoms with E-state index in [1.165, 1.54) is 25.2 Å². The Bertz CT molecular complexity index is 1250. The van der Waals surface area contributed by atoms with Gasteiger partial charge in [-0.15, -0.1) is 10.2 Å². The third-order valence-electron chi connectivity index (χ3n) is 6.19. The van der Waals surface area contributed by atoms with E-state index >= 15 is 8.78 Å². The molecule has 4 rings (SSSR count). The second-order valence-electron chi connectivity index (χ2n) is 8.89. The summed E-state index contributed by atoms with van der Waals surface area (Å²) < 4.78 is 32.0. The van der Waals surface area contributed by atoms with Crippen LogP contribution in [0.1, 0.15) is 35.9 Å². The van der Waals surface area contributed by atoms with Crippen molar-refractivity contribution in [3.63, 3.8) is 0 Å². The van der Waals surface area contributed by atoms with Gasteiger partial charge in [-0.1, -0.05) is 13.8 Å². The number of anilines is 1. The predicted molar refractivity (Wildman–Crippen MR) is 127 cm³/mol. The first-order chi connectivity index (χ1) is 16.6. The lowest BCUT2D eigenvalue weighted by molar-refractivity contribution is 0.0950. The van der Waals surface area contributed by atoms with Crippen molar-refractivity contribution in [2.24, 2.45) is 0 Å². The van der Waals surface area contributed by atoms with Gasteiger partial charge in [-0.2, -0.15) is 0 Å². The average Bonchev–Trinajstić information content (AvgIpc) is 3.22. The molecule has 1 amide bonds. The molecule has 9 nitrogen and oxygen atoms in total. The smallest absolute Gasteiger partial charge is 0.289 e.